The van der Waals surface area contributed by atoms with Gasteiger partial charge in [-0.2, -0.15) is 5.26 Å². The minimum Gasteiger partial charge on any atom is -0.207 e. The van der Waals surface area contributed by atoms with E-state index in [0.29, 0.717) is 14.9 Å². The van der Waals surface area contributed by atoms with Crippen LogP contribution in [0.25, 0.3) is 0 Å². The summed E-state index contributed by atoms with van der Waals surface area (Å²) in [5, 5.41) is 10.1. The number of halogens is 3. The van der Waals surface area contributed by atoms with E-state index in [-0.39, 0.29) is 5.56 Å². The molecule has 0 spiro atoms. The van der Waals surface area contributed by atoms with Gasteiger partial charge in [-0.15, -0.1) is 0 Å². The van der Waals surface area contributed by atoms with Crippen LogP contribution in [0, 0.1) is 17.1 Å². The topological polar surface area (TPSA) is 23.8 Å². The van der Waals surface area contributed by atoms with Gasteiger partial charge in [0.1, 0.15) is 11.9 Å². The second-order valence-electron chi connectivity index (χ2n) is 3.43. The van der Waals surface area contributed by atoms with Crippen LogP contribution in [0.4, 0.5) is 4.39 Å². The molecule has 18 heavy (non-hydrogen) atoms. The predicted molar refractivity (Wildman–Crippen MR) is 71.7 cm³/mol. The van der Waals surface area contributed by atoms with Crippen LogP contribution >= 0.6 is 35.0 Å². The summed E-state index contributed by atoms with van der Waals surface area (Å²) in [6, 6.07) is 11.1. The molecule has 0 unspecified atom stereocenters. The molecule has 0 amide bonds. The summed E-state index contributed by atoms with van der Waals surface area (Å²) in [7, 11) is 0. The van der Waals surface area contributed by atoms with Crippen molar-refractivity contribution in [2.24, 2.45) is 0 Å². The Balaban J connectivity index is 2.40. The third kappa shape index (κ3) is 2.97. The smallest absolute Gasteiger partial charge is 0.124 e. The maximum atomic E-state index is 13.0. The number of nitrogens with zero attached hydrogens (tertiary/aromatic N) is 1. The second-order valence-corrected chi connectivity index (χ2v) is 5.36. The average Bonchev–Trinajstić information content (AvgIpc) is 2.36. The Bertz CT molecular complexity index is 637. The third-order valence-corrected chi connectivity index (χ3v) is 3.99. The normalized spacial score (nSPS) is 10.1. The fourth-order valence-electron chi connectivity index (χ4n) is 1.35. The van der Waals surface area contributed by atoms with Crippen molar-refractivity contribution < 1.29 is 4.39 Å². The van der Waals surface area contributed by atoms with Crippen LogP contribution in [0.2, 0.25) is 10.0 Å². The molecular formula is C13H6Cl2FNS. The van der Waals surface area contributed by atoms with E-state index in [2.05, 4.69) is 0 Å². The van der Waals surface area contributed by atoms with Gasteiger partial charge >= 0.3 is 0 Å². The summed E-state index contributed by atoms with van der Waals surface area (Å²) >= 11 is 13.2. The monoisotopic (exact) mass is 297 g/mol. The fourth-order valence-corrected chi connectivity index (χ4v) is 2.76. The molecular weight excluding hydrogens is 292 g/mol. The largest absolute Gasteiger partial charge is 0.207 e. The molecule has 0 radical (unpaired) electrons. The van der Waals surface area contributed by atoms with Crippen LogP contribution in [0.1, 0.15) is 5.56 Å². The number of benzene rings is 2. The Labute approximate surface area is 118 Å². The molecule has 0 aliphatic heterocycles. The SMILES string of the molecule is N#Cc1cc(F)ccc1Sc1cc(Cl)ccc1Cl. The van der Waals surface area contributed by atoms with E-state index in [4.69, 9.17) is 28.5 Å². The van der Waals surface area contributed by atoms with Gasteiger partial charge in [0.15, 0.2) is 0 Å². The minimum absolute atomic E-state index is 0.274. The first-order valence-corrected chi connectivity index (χ1v) is 6.50. The van der Waals surface area contributed by atoms with Gasteiger partial charge in [0, 0.05) is 14.8 Å². The van der Waals surface area contributed by atoms with Crippen LogP contribution in [0.5, 0.6) is 0 Å². The van der Waals surface area contributed by atoms with Gasteiger partial charge in [-0.05, 0) is 36.4 Å². The molecule has 0 saturated carbocycles. The van der Waals surface area contributed by atoms with E-state index in [1.54, 1.807) is 24.3 Å². The molecule has 0 aliphatic carbocycles. The lowest BCUT2D eigenvalue weighted by Gasteiger charge is -2.06. The molecule has 0 heterocycles. The lowest BCUT2D eigenvalue weighted by molar-refractivity contribution is 0.626. The Hall–Kier alpha value is -1.21. The van der Waals surface area contributed by atoms with Crippen molar-refractivity contribution in [3.63, 3.8) is 0 Å². The van der Waals surface area contributed by atoms with Crippen molar-refractivity contribution in [1.29, 1.82) is 5.26 Å². The summed E-state index contributed by atoms with van der Waals surface area (Å²) in [6.07, 6.45) is 0. The molecule has 0 saturated heterocycles. The van der Waals surface area contributed by atoms with Gasteiger partial charge in [-0.1, -0.05) is 35.0 Å². The van der Waals surface area contributed by atoms with Crippen molar-refractivity contribution in [2.75, 3.05) is 0 Å². The zero-order chi connectivity index (χ0) is 13.1. The van der Waals surface area contributed by atoms with Crippen molar-refractivity contribution >= 4 is 35.0 Å². The number of hydrogen-bond donors (Lipinski definition) is 0. The molecule has 0 atom stereocenters. The van der Waals surface area contributed by atoms with Gasteiger partial charge < -0.3 is 0 Å². The lowest BCUT2D eigenvalue weighted by Crippen LogP contribution is -1.84. The highest BCUT2D eigenvalue weighted by Crippen LogP contribution is 2.36. The summed E-state index contributed by atoms with van der Waals surface area (Å²) < 4.78 is 13.0. The first kappa shape index (κ1) is 13.2. The molecule has 90 valence electrons. The lowest BCUT2D eigenvalue weighted by atomic mass is 10.2. The molecule has 0 N–H and O–H groups in total. The second kappa shape index (κ2) is 5.62. The summed E-state index contributed by atoms with van der Waals surface area (Å²) in [6.45, 7) is 0. The van der Waals surface area contributed by atoms with E-state index < -0.39 is 5.82 Å². The van der Waals surface area contributed by atoms with E-state index >= 15 is 0 Å². The van der Waals surface area contributed by atoms with E-state index in [0.717, 1.165) is 4.90 Å². The van der Waals surface area contributed by atoms with Crippen molar-refractivity contribution in [3.05, 3.63) is 57.8 Å². The van der Waals surface area contributed by atoms with Gasteiger partial charge in [0.05, 0.1) is 10.6 Å². The van der Waals surface area contributed by atoms with Crippen LogP contribution in [0.3, 0.4) is 0 Å². The number of hydrogen-bond acceptors (Lipinski definition) is 2. The first-order valence-electron chi connectivity index (χ1n) is 4.92. The quantitative estimate of drug-likeness (QED) is 0.765. The average molecular weight is 298 g/mol. The fraction of sp³-hybridized carbons (Fsp3) is 0. The standard InChI is InChI=1S/C13H6Cl2FNS/c14-9-1-3-11(15)13(6-9)18-12-4-2-10(16)5-8(12)7-17/h1-6H. The highest BCUT2D eigenvalue weighted by Gasteiger charge is 2.08. The zero-order valence-corrected chi connectivity index (χ0v) is 11.3. The molecule has 2 aromatic carbocycles. The molecule has 2 rings (SSSR count). The summed E-state index contributed by atoms with van der Waals surface area (Å²) in [4.78, 5) is 1.37. The summed E-state index contributed by atoms with van der Waals surface area (Å²) in [5.41, 5.74) is 0.274. The van der Waals surface area contributed by atoms with Crippen molar-refractivity contribution in [2.45, 2.75) is 9.79 Å². The minimum atomic E-state index is -0.437. The maximum absolute atomic E-state index is 13.0. The Morgan fingerprint density at radius 2 is 1.83 bits per heavy atom. The Kier molecular flexibility index (Phi) is 4.13. The van der Waals surface area contributed by atoms with Crippen LogP contribution in [0.15, 0.2) is 46.2 Å². The van der Waals surface area contributed by atoms with Gasteiger partial charge in [-0.3, -0.25) is 0 Å². The van der Waals surface area contributed by atoms with E-state index in [1.807, 2.05) is 6.07 Å². The summed E-state index contributed by atoms with van der Waals surface area (Å²) in [5.74, 6) is -0.437. The third-order valence-electron chi connectivity index (χ3n) is 2.18. The molecule has 5 heteroatoms. The van der Waals surface area contributed by atoms with E-state index in [9.17, 15) is 4.39 Å². The predicted octanol–water partition coefficient (Wildman–Crippen LogP) is 5.16. The van der Waals surface area contributed by atoms with E-state index in [1.165, 1.54) is 23.9 Å². The van der Waals surface area contributed by atoms with Gasteiger partial charge in [-0.25, -0.2) is 4.39 Å². The van der Waals surface area contributed by atoms with Crippen LogP contribution in [-0.2, 0) is 0 Å². The molecule has 0 aromatic heterocycles. The molecule has 0 aliphatic rings. The van der Waals surface area contributed by atoms with Crippen LogP contribution < -0.4 is 0 Å². The van der Waals surface area contributed by atoms with Crippen molar-refractivity contribution in [1.82, 2.24) is 0 Å². The Morgan fingerprint density at radius 3 is 2.56 bits per heavy atom. The van der Waals surface area contributed by atoms with Gasteiger partial charge in [0.25, 0.3) is 0 Å². The maximum Gasteiger partial charge on any atom is 0.124 e. The van der Waals surface area contributed by atoms with Crippen LogP contribution in [-0.4, -0.2) is 0 Å². The molecule has 0 fully saturated rings. The molecule has 2 aromatic rings. The first-order chi connectivity index (χ1) is 8.60. The highest BCUT2D eigenvalue weighted by atomic mass is 35.5. The molecule has 1 nitrogen and oxygen atoms in total. The van der Waals surface area contributed by atoms with Crippen molar-refractivity contribution in [3.8, 4) is 6.07 Å². The van der Waals surface area contributed by atoms with Gasteiger partial charge in [0.2, 0.25) is 0 Å². The molecule has 0 bridgehead atoms. The number of rotatable bonds is 2. The zero-order valence-electron chi connectivity index (χ0n) is 8.95. The number of nitriles is 1. The Morgan fingerprint density at radius 1 is 1.06 bits per heavy atom. The highest BCUT2D eigenvalue weighted by molar-refractivity contribution is 7.99.